The molecule has 0 amide bonds. The van der Waals surface area contributed by atoms with Gasteiger partial charge in [0.15, 0.2) is 48.9 Å². The summed E-state index contributed by atoms with van der Waals surface area (Å²) in [7, 11) is -10.9. The lowest BCUT2D eigenvalue weighted by atomic mass is 11.8. The van der Waals surface area contributed by atoms with Crippen molar-refractivity contribution >= 4 is 57.5 Å². The summed E-state index contributed by atoms with van der Waals surface area (Å²) in [6.45, 7) is 40.7. The average Bonchev–Trinajstić information content (AvgIpc) is 2.12. The Bertz CT molecular complexity index is 452. The number of hydrogen-bond acceptors (Lipinski definition) is 4. The predicted molar refractivity (Wildman–Crippen MR) is 150 cm³/mol. The Morgan fingerprint density at radius 2 is 0.448 bits per heavy atom. The highest BCUT2D eigenvalue weighted by atomic mass is 29.3. The van der Waals surface area contributed by atoms with Crippen LogP contribution in [0.4, 0.5) is 0 Å². The summed E-state index contributed by atoms with van der Waals surface area (Å²) in [6.07, 6.45) is 0. The van der Waals surface area contributed by atoms with E-state index in [2.05, 4.69) is 118 Å². The maximum Gasteiger partial charge on any atom is 0.311 e. The van der Waals surface area contributed by atoms with Gasteiger partial charge in [0.25, 0.3) is 0 Å². The fraction of sp³-hybridized carbons (Fsp3) is 1.00. The van der Waals surface area contributed by atoms with Crippen LogP contribution >= 0.6 is 0 Å². The smallest absolute Gasteiger partial charge is 0.311 e. The molecule has 0 aliphatic carbocycles. The molecule has 0 aliphatic heterocycles. The summed E-state index contributed by atoms with van der Waals surface area (Å²) in [6, 6.07) is 0. The van der Waals surface area contributed by atoms with E-state index in [1.807, 2.05) is 0 Å². The van der Waals surface area contributed by atoms with Crippen LogP contribution in [0.25, 0.3) is 0 Å². The first-order valence-corrected chi connectivity index (χ1v) is 34.1. The summed E-state index contributed by atoms with van der Waals surface area (Å²) in [5.74, 6) is 0. The van der Waals surface area contributed by atoms with Gasteiger partial charge in [-0.05, 0) is 118 Å². The van der Waals surface area contributed by atoms with Gasteiger partial charge in [-0.3, -0.25) is 0 Å². The minimum atomic E-state index is -1.85. The van der Waals surface area contributed by atoms with Crippen molar-refractivity contribution in [3.63, 3.8) is 0 Å². The molecular formula is C18H54O4Si7. The molecule has 0 saturated heterocycles. The maximum atomic E-state index is 6.47. The average molecular weight is 531 g/mol. The van der Waals surface area contributed by atoms with Gasteiger partial charge >= 0.3 is 8.56 Å². The second-order valence-electron chi connectivity index (χ2n) is 13.3. The Kier molecular flexibility index (Phi) is 11.8. The second-order valence-corrected chi connectivity index (χ2v) is 49.5. The Morgan fingerprint density at radius 3 is 0.586 bits per heavy atom. The molecule has 0 spiro atoms. The molecule has 0 aromatic carbocycles. The Hall–Kier alpha value is 1.36. The van der Waals surface area contributed by atoms with Crippen LogP contribution in [0.15, 0.2) is 0 Å². The summed E-state index contributed by atoms with van der Waals surface area (Å²) < 4.78 is 25.1. The van der Waals surface area contributed by atoms with E-state index in [0.717, 1.165) is 0 Å². The minimum absolute atomic E-state index is 1.43. The molecule has 0 aromatic rings. The topological polar surface area (TPSA) is 36.9 Å². The molecule has 0 bridgehead atoms. The molecule has 0 aromatic heterocycles. The molecule has 0 rings (SSSR count). The largest absolute Gasteiger partial charge is 0.456 e. The van der Waals surface area contributed by atoms with Gasteiger partial charge in [0, 0.05) is 0 Å². The van der Waals surface area contributed by atoms with E-state index in [4.69, 9.17) is 16.5 Å². The van der Waals surface area contributed by atoms with Crippen LogP contribution in [-0.4, -0.2) is 57.5 Å². The molecule has 11 heteroatoms. The van der Waals surface area contributed by atoms with Crippen LogP contribution in [-0.2, 0) is 16.5 Å². The van der Waals surface area contributed by atoms with Gasteiger partial charge < -0.3 is 16.5 Å². The van der Waals surface area contributed by atoms with Gasteiger partial charge in [0.1, 0.15) is 0 Å². The third-order valence-electron chi connectivity index (χ3n) is 3.68. The first kappa shape index (κ1) is 32.5. The third kappa shape index (κ3) is 18.6. The molecule has 0 unspecified atom stereocenters. The molecular weight excluding hydrogens is 477 g/mol. The molecule has 4 nitrogen and oxygen atoms in total. The van der Waals surface area contributed by atoms with Crippen LogP contribution < -0.4 is 0 Å². The summed E-state index contributed by atoms with van der Waals surface area (Å²) in [4.78, 5) is 0. The van der Waals surface area contributed by atoms with Crippen molar-refractivity contribution in [2.75, 3.05) is 0 Å². The van der Waals surface area contributed by atoms with Crippen LogP contribution in [0.3, 0.4) is 0 Å². The van der Waals surface area contributed by atoms with E-state index >= 15 is 0 Å². The van der Waals surface area contributed by atoms with E-state index in [0.29, 0.717) is 0 Å². The molecule has 0 aliphatic rings. The molecule has 0 atom stereocenters. The zero-order valence-electron chi connectivity index (χ0n) is 23.1. The normalized spacial score (nSPS) is 15.1. The zero-order chi connectivity index (χ0) is 24.3. The first-order chi connectivity index (χ1) is 12.1. The Balaban J connectivity index is 0. The van der Waals surface area contributed by atoms with E-state index in [1.54, 1.807) is 0 Å². The summed E-state index contributed by atoms with van der Waals surface area (Å²) in [5.41, 5.74) is 0. The van der Waals surface area contributed by atoms with Gasteiger partial charge in [-0.2, -0.15) is 0 Å². The van der Waals surface area contributed by atoms with Crippen molar-refractivity contribution in [2.45, 2.75) is 118 Å². The molecule has 178 valence electrons. The van der Waals surface area contributed by atoms with E-state index in [-0.39, 0.29) is 0 Å². The highest BCUT2D eigenvalue weighted by Gasteiger charge is 2.48. The molecule has 0 N–H and O–H groups in total. The lowest BCUT2D eigenvalue weighted by molar-refractivity contribution is 0.395. The SMILES string of the molecule is C[Si](C)(C)O[Si](C)(C)O[Si](C)(C)C.C[Si](C)(C)O[Si](C)(C)[Si](C)(C)O[Si](C)(C)C. The molecule has 0 saturated carbocycles. The van der Waals surface area contributed by atoms with Crippen molar-refractivity contribution in [3.05, 3.63) is 0 Å². The molecule has 0 heterocycles. The third-order valence-corrected chi connectivity index (χ3v) is 34.9. The Morgan fingerprint density at radius 1 is 0.276 bits per heavy atom. The van der Waals surface area contributed by atoms with Gasteiger partial charge in [-0.1, -0.05) is 0 Å². The number of rotatable bonds is 9. The fourth-order valence-corrected chi connectivity index (χ4v) is 39.8. The van der Waals surface area contributed by atoms with Gasteiger partial charge in [0.05, 0.1) is 0 Å². The summed E-state index contributed by atoms with van der Waals surface area (Å²) >= 11 is 0. The van der Waals surface area contributed by atoms with Crippen LogP contribution in [0, 0.1) is 0 Å². The molecule has 0 fully saturated rings. The Labute approximate surface area is 191 Å². The predicted octanol–water partition coefficient (Wildman–Crippen LogP) is 7.57. The van der Waals surface area contributed by atoms with Gasteiger partial charge in [-0.25, -0.2) is 0 Å². The van der Waals surface area contributed by atoms with Crippen molar-refractivity contribution in [1.82, 2.24) is 0 Å². The lowest BCUT2D eigenvalue weighted by Gasteiger charge is -2.44. The minimum Gasteiger partial charge on any atom is -0.456 e. The van der Waals surface area contributed by atoms with Crippen molar-refractivity contribution < 1.29 is 16.5 Å². The van der Waals surface area contributed by atoms with Crippen molar-refractivity contribution in [1.29, 1.82) is 0 Å². The molecule has 29 heavy (non-hydrogen) atoms. The zero-order valence-corrected chi connectivity index (χ0v) is 30.1. The van der Waals surface area contributed by atoms with Crippen molar-refractivity contribution in [3.8, 4) is 0 Å². The second kappa shape index (κ2) is 10.5. The highest BCUT2D eigenvalue weighted by Crippen LogP contribution is 2.28. The quantitative estimate of drug-likeness (QED) is 0.288. The molecule has 0 radical (unpaired) electrons. The van der Waals surface area contributed by atoms with Crippen LogP contribution in [0.5, 0.6) is 0 Å². The monoisotopic (exact) mass is 530 g/mol. The van der Waals surface area contributed by atoms with Crippen molar-refractivity contribution in [2.24, 2.45) is 0 Å². The van der Waals surface area contributed by atoms with E-state index < -0.39 is 57.5 Å². The first-order valence-electron chi connectivity index (χ1n) is 10.9. The van der Waals surface area contributed by atoms with Crippen LogP contribution in [0.2, 0.25) is 118 Å². The standard InChI is InChI=1S/C10H30O2Si4.C8H24O2Si3/c1-13(2,3)11-15(7,8)16(9,10)12-14(4,5)6;1-11(2,3)9-13(7,8)10-12(4,5)6/h1-10H3;1-8H3. The van der Waals surface area contributed by atoms with Gasteiger partial charge in [0.2, 0.25) is 0 Å². The maximum absolute atomic E-state index is 6.47. The lowest BCUT2D eigenvalue weighted by Crippen LogP contribution is -2.65. The van der Waals surface area contributed by atoms with Gasteiger partial charge in [-0.15, -0.1) is 0 Å². The fourth-order valence-electron chi connectivity index (χ4n) is 3.27. The van der Waals surface area contributed by atoms with E-state index in [9.17, 15) is 0 Å². The summed E-state index contributed by atoms with van der Waals surface area (Å²) in [5, 5.41) is 0. The highest BCUT2D eigenvalue weighted by molar-refractivity contribution is 7.38. The number of hydrogen-bond donors (Lipinski definition) is 0. The van der Waals surface area contributed by atoms with E-state index in [1.165, 1.54) is 0 Å². The van der Waals surface area contributed by atoms with Crippen LogP contribution in [0.1, 0.15) is 0 Å².